The van der Waals surface area contributed by atoms with E-state index in [0.717, 1.165) is 17.1 Å². The molecule has 1 heterocycles. The van der Waals surface area contributed by atoms with Crippen LogP contribution in [-0.4, -0.2) is 23.8 Å². The summed E-state index contributed by atoms with van der Waals surface area (Å²) in [6.07, 6.45) is -4.53. The summed E-state index contributed by atoms with van der Waals surface area (Å²) >= 11 is 0. The Morgan fingerprint density at radius 1 is 1.16 bits per heavy atom. The van der Waals surface area contributed by atoms with Gasteiger partial charge in [0.1, 0.15) is 11.5 Å². The molecule has 0 atom stereocenters. The van der Waals surface area contributed by atoms with E-state index in [2.05, 4.69) is 5.10 Å². The lowest BCUT2D eigenvalue weighted by molar-refractivity contribution is -0.137. The molecule has 3 rings (SSSR count). The number of anilines is 1. The lowest BCUT2D eigenvalue weighted by Gasteiger charge is -2.13. The van der Waals surface area contributed by atoms with Crippen LogP contribution >= 0.6 is 0 Å². The van der Waals surface area contributed by atoms with Gasteiger partial charge in [0, 0.05) is 5.56 Å². The van der Waals surface area contributed by atoms with E-state index in [1.807, 2.05) is 0 Å². The monoisotopic (exact) mass is 350 g/mol. The fourth-order valence-corrected chi connectivity index (χ4v) is 2.45. The summed E-state index contributed by atoms with van der Waals surface area (Å²) in [5.41, 5.74) is 0.0522. The van der Waals surface area contributed by atoms with Gasteiger partial charge in [0.05, 0.1) is 30.5 Å². The van der Waals surface area contributed by atoms with Crippen LogP contribution in [0.15, 0.2) is 47.6 Å². The van der Waals surface area contributed by atoms with Crippen molar-refractivity contribution >= 4 is 17.3 Å². The fourth-order valence-electron chi connectivity index (χ4n) is 2.45. The van der Waals surface area contributed by atoms with Gasteiger partial charge in [0.25, 0.3) is 5.91 Å². The molecule has 0 unspecified atom stereocenters. The van der Waals surface area contributed by atoms with Crippen molar-refractivity contribution in [1.29, 1.82) is 0 Å². The maximum absolute atomic E-state index is 12.6. The Morgan fingerprint density at radius 2 is 1.84 bits per heavy atom. The van der Waals surface area contributed by atoms with E-state index in [-0.39, 0.29) is 17.9 Å². The molecule has 0 fully saturated rings. The predicted molar refractivity (Wildman–Crippen MR) is 84.7 cm³/mol. The van der Waals surface area contributed by atoms with Gasteiger partial charge in [-0.1, -0.05) is 0 Å². The number of alkyl halides is 3. The lowest BCUT2D eigenvalue weighted by atomic mass is 10.1. The number of phenolic OH excluding ortho intramolecular Hbond substituents is 1. The predicted octanol–water partition coefficient (Wildman–Crippen LogP) is 3.56. The molecule has 1 aliphatic rings. The number of rotatable bonds is 3. The van der Waals surface area contributed by atoms with Crippen LogP contribution in [-0.2, 0) is 11.0 Å². The third kappa shape index (κ3) is 3.28. The van der Waals surface area contributed by atoms with Crippen molar-refractivity contribution in [2.24, 2.45) is 5.10 Å². The minimum atomic E-state index is -4.45. The largest absolute Gasteiger partial charge is 0.507 e. The Balaban J connectivity index is 1.93. The van der Waals surface area contributed by atoms with Crippen LogP contribution in [0.1, 0.15) is 17.5 Å². The van der Waals surface area contributed by atoms with Gasteiger partial charge in [0.2, 0.25) is 0 Å². The normalized spacial score (nSPS) is 14.6. The van der Waals surface area contributed by atoms with Crippen LogP contribution in [0.25, 0.3) is 0 Å². The number of hydrogen-bond acceptors (Lipinski definition) is 4. The fraction of sp³-hybridized carbons (Fsp3) is 0.176. The average Bonchev–Trinajstić information content (AvgIpc) is 2.96. The first-order chi connectivity index (χ1) is 11.8. The molecule has 2 aromatic rings. The molecule has 0 spiro atoms. The Bertz CT molecular complexity index is 845. The number of phenols is 1. The highest BCUT2D eigenvalue weighted by atomic mass is 19.4. The summed E-state index contributed by atoms with van der Waals surface area (Å²) in [4.78, 5) is 12.2. The Hall–Kier alpha value is -3.03. The standard InChI is InChI=1S/C17H13F3N2O3/c1-25-12-6-7-15(23)13(8-12)14-9-16(24)22(21-14)11-4-2-10(3-5-11)17(18,19)20/h2-8,23H,9H2,1H3. The molecule has 130 valence electrons. The van der Waals surface area contributed by atoms with Gasteiger partial charge >= 0.3 is 6.18 Å². The summed E-state index contributed by atoms with van der Waals surface area (Å²) in [6.45, 7) is 0. The number of carbonyl (C=O) groups excluding carboxylic acids is 1. The van der Waals surface area contributed by atoms with Gasteiger partial charge in [0.15, 0.2) is 0 Å². The molecular formula is C17H13F3N2O3. The third-order valence-electron chi connectivity index (χ3n) is 3.73. The zero-order valence-corrected chi connectivity index (χ0v) is 13.0. The average molecular weight is 350 g/mol. The second-order valence-corrected chi connectivity index (χ2v) is 5.36. The van der Waals surface area contributed by atoms with Gasteiger partial charge in [-0.3, -0.25) is 4.79 Å². The Labute approximate surface area is 140 Å². The first-order valence-corrected chi connectivity index (χ1v) is 7.24. The summed E-state index contributed by atoms with van der Waals surface area (Å²) < 4.78 is 43.0. The second-order valence-electron chi connectivity index (χ2n) is 5.36. The zero-order chi connectivity index (χ0) is 18.2. The number of amides is 1. The van der Waals surface area contributed by atoms with Crippen molar-refractivity contribution in [1.82, 2.24) is 0 Å². The molecule has 5 nitrogen and oxygen atoms in total. The zero-order valence-electron chi connectivity index (χ0n) is 13.0. The number of methoxy groups -OCH3 is 1. The van der Waals surface area contributed by atoms with Crippen molar-refractivity contribution in [2.45, 2.75) is 12.6 Å². The number of ether oxygens (including phenoxy) is 1. The highest BCUT2D eigenvalue weighted by Crippen LogP contribution is 2.32. The molecule has 8 heteroatoms. The molecule has 1 N–H and O–H groups in total. The van der Waals surface area contributed by atoms with Gasteiger partial charge in [-0.15, -0.1) is 0 Å². The molecule has 0 aromatic heterocycles. The second kappa shape index (κ2) is 6.12. The van der Waals surface area contributed by atoms with Gasteiger partial charge in [-0.2, -0.15) is 18.3 Å². The number of carbonyl (C=O) groups is 1. The molecule has 0 aliphatic carbocycles. The van der Waals surface area contributed by atoms with Crippen LogP contribution in [0.5, 0.6) is 11.5 Å². The van der Waals surface area contributed by atoms with E-state index < -0.39 is 17.6 Å². The van der Waals surface area contributed by atoms with E-state index in [0.29, 0.717) is 17.0 Å². The van der Waals surface area contributed by atoms with Crippen LogP contribution in [0.3, 0.4) is 0 Å². The molecule has 2 aromatic carbocycles. The highest BCUT2D eigenvalue weighted by molar-refractivity contribution is 6.20. The number of benzene rings is 2. The quantitative estimate of drug-likeness (QED) is 0.921. The first-order valence-electron chi connectivity index (χ1n) is 7.24. The SMILES string of the molecule is COc1ccc(O)c(C2=NN(c3ccc(C(F)(F)F)cc3)C(=O)C2)c1. The van der Waals surface area contributed by atoms with Gasteiger partial charge in [-0.25, -0.2) is 5.01 Å². The molecular weight excluding hydrogens is 337 g/mol. The van der Waals surface area contributed by atoms with E-state index in [1.54, 1.807) is 6.07 Å². The van der Waals surface area contributed by atoms with Crippen LogP contribution in [0, 0.1) is 0 Å². The van der Waals surface area contributed by atoms with E-state index in [1.165, 1.54) is 31.4 Å². The topological polar surface area (TPSA) is 62.1 Å². The van der Waals surface area contributed by atoms with Crippen molar-refractivity contribution in [2.75, 3.05) is 12.1 Å². The number of hydrazone groups is 1. The van der Waals surface area contributed by atoms with Crippen LogP contribution in [0.4, 0.5) is 18.9 Å². The number of halogens is 3. The Morgan fingerprint density at radius 3 is 2.44 bits per heavy atom. The summed E-state index contributed by atoms with van der Waals surface area (Å²) in [5.74, 6) is 0.00882. The summed E-state index contributed by atoms with van der Waals surface area (Å²) in [7, 11) is 1.46. The maximum atomic E-state index is 12.6. The molecule has 1 aliphatic heterocycles. The summed E-state index contributed by atoms with van der Waals surface area (Å²) in [6, 6.07) is 8.65. The molecule has 0 radical (unpaired) electrons. The first kappa shape index (κ1) is 16.8. The highest BCUT2D eigenvalue weighted by Gasteiger charge is 2.32. The van der Waals surface area contributed by atoms with E-state index >= 15 is 0 Å². The van der Waals surface area contributed by atoms with Gasteiger partial charge in [-0.05, 0) is 42.5 Å². The number of nitrogens with zero attached hydrogens (tertiary/aromatic N) is 2. The number of aromatic hydroxyl groups is 1. The van der Waals surface area contributed by atoms with Crippen LogP contribution in [0.2, 0.25) is 0 Å². The van der Waals surface area contributed by atoms with E-state index in [9.17, 15) is 23.1 Å². The molecule has 25 heavy (non-hydrogen) atoms. The minimum absolute atomic E-state index is 0.0679. The summed E-state index contributed by atoms with van der Waals surface area (Å²) in [5, 5.41) is 15.1. The molecule has 0 bridgehead atoms. The minimum Gasteiger partial charge on any atom is -0.507 e. The van der Waals surface area contributed by atoms with Crippen molar-refractivity contribution in [3.05, 3.63) is 53.6 Å². The Kier molecular flexibility index (Phi) is 4.12. The van der Waals surface area contributed by atoms with Crippen molar-refractivity contribution in [3.8, 4) is 11.5 Å². The molecule has 0 saturated carbocycles. The van der Waals surface area contributed by atoms with E-state index in [4.69, 9.17) is 4.74 Å². The lowest BCUT2D eigenvalue weighted by Crippen LogP contribution is -2.19. The molecule has 0 saturated heterocycles. The van der Waals surface area contributed by atoms with Crippen molar-refractivity contribution in [3.63, 3.8) is 0 Å². The number of hydrogen-bond donors (Lipinski definition) is 1. The third-order valence-corrected chi connectivity index (χ3v) is 3.73. The van der Waals surface area contributed by atoms with Crippen molar-refractivity contribution < 1.29 is 27.8 Å². The maximum Gasteiger partial charge on any atom is 0.416 e. The molecule has 1 amide bonds. The van der Waals surface area contributed by atoms with Gasteiger partial charge < -0.3 is 9.84 Å². The van der Waals surface area contributed by atoms with Crippen LogP contribution < -0.4 is 9.75 Å². The smallest absolute Gasteiger partial charge is 0.416 e.